The summed E-state index contributed by atoms with van der Waals surface area (Å²) >= 11 is 0. The minimum absolute atomic E-state index is 0.0182. The molecule has 1 N–H and O–H groups in total. The number of nitrogens with one attached hydrogen (secondary N) is 1. The van der Waals surface area contributed by atoms with E-state index in [9.17, 15) is 0 Å². The maximum absolute atomic E-state index is 6.20. The number of hydrogen-bond donors (Lipinski definition) is 1. The van der Waals surface area contributed by atoms with Gasteiger partial charge >= 0.3 is 0 Å². The Hall–Kier alpha value is -0.0800. The highest BCUT2D eigenvalue weighted by Crippen LogP contribution is 2.38. The van der Waals surface area contributed by atoms with Crippen LogP contribution >= 0.6 is 0 Å². The summed E-state index contributed by atoms with van der Waals surface area (Å²) in [6.45, 7) is 11.3. The first-order valence-corrected chi connectivity index (χ1v) is 8.26. The largest absolute Gasteiger partial charge is 0.368 e. The third kappa shape index (κ3) is 3.95. The summed E-state index contributed by atoms with van der Waals surface area (Å²) in [6, 6.07) is 1.11. The first-order chi connectivity index (χ1) is 8.80. The quantitative estimate of drug-likeness (QED) is 0.771. The van der Waals surface area contributed by atoms with Gasteiger partial charge < -0.3 is 10.1 Å². The van der Waals surface area contributed by atoms with E-state index in [2.05, 4.69) is 39.9 Å². The Kier molecular flexibility index (Phi) is 4.62. The zero-order valence-electron chi connectivity index (χ0n) is 13.6. The lowest BCUT2D eigenvalue weighted by atomic mass is 9.89. The summed E-state index contributed by atoms with van der Waals surface area (Å²) < 4.78 is 6.20. The molecule has 2 atom stereocenters. The van der Waals surface area contributed by atoms with E-state index in [4.69, 9.17) is 4.74 Å². The molecule has 0 amide bonds. The van der Waals surface area contributed by atoms with E-state index < -0.39 is 0 Å². The molecule has 0 spiro atoms. The van der Waals surface area contributed by atoms with Crippen LogP contribution in [-0.4, -0.2) is 23.3 Å². The molecular formula is C17H33NO. The van der Waals surface area contributed by atoms with Crippen molar-refractivity contribution in [1.82, 2.24) is 5.32 Å². The van der Waals surface area contributed by atoms with Gasteiger partial charge in [0.05, 0.1) is 11.2 Å². The molecule has 2 fully saturated rings. The van der Waals surface area contributed by atoms with Crippen LogP contribution in [0.15, 0.2) is 0 Å². The van der Waals surface area contributed by atoms with E-state index in [1.807, 2.05) is 0 Å². The van der Waals surface area contributed by atoms with Crippen molar-refractivity contribution in [2.45, 2.75) is 103 Å². The van der Waals surface area contributed by atoms with Crippen LogP contribution in [0.4, 0.5) is 0 Å². The molecule has 1 aliphatic heterocycles. The maximum atomic E-state index is 6.20. The van der Waals surface area contributed by atoms with Crippen molar-refractivity contribution >= 4 is 0 Å². The highest BCUT2D eigenvalue weighted by Gasteiger charge is 2.46. The van der Waals surface area contributed by atoms with Gasteiger partial charge in [-0.05, 0) is 59.8 Å². The van der Waals surface area contributed by atoms with Gasteiger partial charge in [-0.15, -0.1) is 0 Å². The molecule has 0 aromatic rings. The first-order valence-electron chi connectivity index (χ1n) is 8.26. The van der Waals surface area contributed by atoms with E-state index in [1.54, 1.807) is 0 Å². The Bertz CT molecular complexity index is 290. The summed E-state index contributed by atoms with van der Waals surface area (Å²) in [5, 5.41) is 3.90. The zero-order valence-corrected chi connectivity index (χ0v) is 13.6. The van der Waals surface area contributed by atoms with Crippen LogP contribution in [0, 0.1) is 5.92 Å². The van der Waals surface area contributed by atoms with E-state index in [0.717, 1.165) is 12.3 Å². The Balaban J connectivity index is 1.92. The van der Waals surface area contributed by atoms with E-state index in [-0.39, 0.29) is 11.2 Å². The summed E-state index contributed by atoms with van der Waals surface area (Å²) in [5.74, 6) is 0.863. The van der Waals surface area contributed by atoms with Gasteiger partial charge in [-0.1, -0.05) is 25.7 Å². The predicted octanol–water partition coefficient (Wildman–Crippen LogP) is 4.28. The van der Waals surface area contributed by atoms with Crippen LogP contribution < -0.4 is 5.32 Å². The van der Waals surface area contributed by atoms with Gasteiger partial charge in [0.2, 0.25) is 0 Å². The first kappa shape index (κ1) is 15.3. The maximum Gasteiger partial charge on any atom is 0.0787 e. The molecule has 1 aliphatic carbocycles. The van der Waals surface area contributed by atoms with Gasteiger partial charge in [-0.3, -0.25) is 0 Å². The molecule has 2 heteroatoms. The SMILES string of the molecule is C[C@H](NC1CC(C)(C)OC1(C)C)C1CCCCCC1. The lowest BCUT2D eigenvalue weighted by molar-refractivity contribution is -0.0707. The second-order valence-electron chi connectivity index (χ2n) is 7.93. The van der Waals surface area contributed by atoms with E-state index in [0.29, 0.717) is 12.1 Å². The molecule has 2 nitrogen and oxygen atoms in total. The van der Waals surface area contributed by atoms with Crippen LogP contribution in [0.1, 0.15) is 79.6 Å². The molecule has 2 rings (SSSR count). The minimum atomic E-state index is -0.0392. The van der Waals surface area contributed by atoms with Crippen molar-refractivity contribution in [2.75, 3.05) is 0 Å². The van der Waals surface area contributed by atoms with Crippen LogP contribution in [-0.2, 0) is 4.74 Å². The van der Waals surface area contributed by atoms with Gasteiger partial charge in [-0.25, -0.2) is 0 Å². The van der Waals surface area contributed by atoms with Gasteiger partial charge in [0, 0.05) is 12.1 Å². The van der Waals surface area contributed by atoms with Crippen LogP contribution in [0.5, 0.6) is 0 Å². The molecule has 0 radical (unpaired) electrons. The number of hydrogen-bond acceptors (Lipinski definition) is 2. The highest BCUT2D eigenvalue weighted by molar-refractivity contribution is 5.00. The van der Waals surface area contributed by atoms with Crippen LogP contribution in [0.25, 0.3) is 0 Å². The third-order valence-corrected chi connectivity index (χ3v) is 5.15. The highest BCUT2D eigenvalue weighted by atomic mass is 16.5. The Labute approximate surface area is 119 Å². The molecule has 0 aromatic carbocycles. The minimum Gasteiger partial charge on any atom is -0.368 e. The normalized spacial score (nSPS) is 33.0. The van der Waals surface area contributed by atoms with Crippen molar-refractivity contribution in [1.29, 1.82) is 0 Å². The Morgan fingerprint density at radius 3 is 2.05 bits per heavy atom. The number of rotatable bonds is 3. The van der Waals surface area contributed by atoms with Crippen LogP contribution in [0.2, 0.25) is 0 Å². The standard InChI is InChI=1S/C17H33NO/c1-13(14-10-8-6-7-9-11-14)18-15-12-16(2,3)19-17(15,4)5/h13-15,18H,6-12H2,1-5H3/t13-,15?/m0/s1. The lowest BCUT2D eigenvalue weighted by Crippen LogP contribution is -2.49. The second kappa shape index (κ2) is 5.73. The fraction of sp³-hybridized carbons (Fsp3) is 1.00. The van der Waals surface area contributed by atoms with Crippen molar-refractivity contribution in [2.24, 2.45) is 5.92 Å². The molecule has 1 saturated heterocycles. The van der Waals surface area contributed by atoms with Gasteiger partial charge in [0.1, 0.15) is 0 Å². The smallest absolute Gasteiger partial charge is 0.0787 e. The Morgan fingerprint density at radius 2 is 1.58 bits per heavy atom. The van der Waals surface area contributed by atoms with Crippen molar-refractivity contribution in [3.63, 3.8) is 0 Å². The zero-order chi connectivity index (χ0) is 14.1. The predicted molar refractivity (Wildman–Crippen MR) is 81.4 cm³/mol. The summed E-state index contributed by atoms with van der Waals surface area (Å²) in [7, 11) is 0. The van der Waals surface area contributed by atoms with Crippen molar-refractivity contribution in [3.8, 4) is 0 Å². The average molecular weight is 267 g/mol. The average Bonchev–Trinajstić information content (AvgIpc) is 2.49. The lowest BCUT2D eigenvalue weighted by Gasteiger charge is -2.33. The molecule has 1 heterocycles. The summed E-state index contributed by atoms with van der Waals surface area (Å²) in [5.41, 5.74) is -0.0210. The van der Waals surface area contributed by atoms with E-state index in [1.165, 1.54) is 38.5 Å². The summed E-state index contributed by atoms with van der Waals surface area (Å²) in [4.78, 5) is 0. The number of ether oxygens (including phenoxy) is 1. The molecule has 1 unspecified atom stereocenters. The van der Waals surface area contributed by atoms with Crippen LogP contribution in [0.3, 0.4) is 0 Å². The third-order valence-electron chi connectivity index (χ3n) is 5.15. The molecule has 112 valence electrons. The van der Waals surface area contributed by atoms with Gasteiger partial charge in [0.25, 0.3) is 0 Å². The monoisotopic (exact) mass is 267 g/mol. The molecule has 2 aliphatic rings. The van der Waals surface area contributed by atoms with Crippen molar-refractivity contribution in [3.05, 3.63) is 0 Å². The summed E-state index contributed by atoms with van der Waals surface area (Å²) in [6.07, 6.45) is 9.66. The van der Waals surface area contributed by atoms with Gasteiger partial charge in [0.15, 0.2) is 0 Å². The van der Waals surface area contributed by atoms with E-state index >= 15 is 0 Å². The molecule has 19 heavy (non-hydrogen) atoms. The molecular weight excluding hydrogens is 234 g/mol. The molecule has 1 saturated carbocycles. The molecule has 0 aromatic heterocycles. The Morgan fingerprint density at radius 1 is 1.00 bits per heavy atom. The fourth-order valence-electron chi connectivity index (χ4n) is 4.09. The van der Waals surface area contributed by atoms with Crippen molar-refractivity contribution < 1.29 is 4.74 Å². The topological polar surface area (TPSA) is 21.3 Å². The molecule has 0 bridgehead atoms. The fourth-order valence-corrected chi connectivity index (χ4v) is 4.09. The van der Waals surface area contributed by atoms with Gasteiger partial charge in [-0.2, -0.15) is 0 Å². The second-order valence-corrected chi connectivity index (χ2v) is 7.93.